The van der Waals surface area contributed by atoms with Gasteiger partial charge in [-0.25, -0.2) is 8.78 Å². The molecule has 0 atom stereocenters. The van der Waals surface area contributed by atoms with E-state index in [1.165, 1.54) is 0 Å². The summed E-state index contributed by atoms with van der Waals surface area (Å²) in [5.74, 6) is -2.45. The molecule has 0 N–H and O–H groups in total. The lowest BCUT2D eigenvalue weighted by molar-refractivity contribution is -0.0451. The normalized spacial score (nSPS) is 21.9. The Morgan fingerprint density at radius 2 is 1.93 bits per heavy atom. The topological polar surface area (TPSA) is 17.8 Å². The molecule has 0 amide bonds. The molecule has 1 aliphatic rings. The molecule has 0 saturated heterocycles. The van der Waals surface area contributed by atoms with Gasteiger partial charge in [-0.2, -0.15) is 5.10 Å². The summed E-state index contributed by atoms with van der Waals surface area (Å²) < 4.78 is 27.8. The van der Waals surface area contributed by atoms with E-state index in [1.54, 1.807) is 0 Å². The fraction of sp³-hybridized carbons (Fsp3) is 0.727. The number of halogens is 2. The van der Waals surface area contributed by atoms with E-state index in [-0.39, 0.29) is 18.9 Å². The van der Waals surface area contributed by atoms with Gasteiger partial charge in [0.15, 0.2) is 0 Å². The highest BCUT2D eigenvalue weighted by molar-refractivity contribution is 5.08. The minimum atomic E-state index is -2.45. The lowest BCUT2D eigenvalue weighted by atomic mass is 9.92. The summed E-state index contributed by atoms with van der Waals surface area (Å²) in [7, 11) is 0. The highest BCUT2D eigenvalue weighted by Crippen LogP contribution is 2.38. The van der Waals surface area contributed by atoms with Crippen LogP contribution < -0.4 is 0 Å². The van der Waals surface area contributed by atoms with Crippen molar-refractivity contribution in [3.05, 3.63) is 17.5 Å². The van der Waals surface area contributed by atoms with Gasteiger partial charge in [-0.3, -0.25) is 4.68 Å². The molecular weight excluding hydrogens is 198 g/mol. The van der Waals surface area contributed by atoms with Gasteiger partial charge in [0.25, 0.3) is 0 Å². The van der Waals surface area contributed by atoms with E-state index >= 15 is 0 Å². The zero-order chi connectivity index (χ0) is 11.1. The molecule has 1 fully saturated rings. The predicted octanol–water partition coefficient (Wildman–Crippen LogP) is 3.25. The second-order valence-corrected chi connectivity index (χ2v) is 4.46. The van der Waals surface area contributed by atoms with E-state index < -0.39 is 5.92 Å². The third-order valence-corrected chi connectivity index (χ3v) is 3.08. The first kappa shape index (κ1) is 10.6. The Balaban J connectivity index is 2.11. The van der Waals surface area contributed by atoms with Crippen LogP contribution in [0.1, 0.15) is 43.1 Å². The fourth-order valence-corrected chi connectivity index (χ4v) is 2.29. The Labute approximate surface area is 88.3 Å². The Hall–Kier alpha value is -0.930. The molecule has 1 aromatic rings. The maximum atomic E-state index is 13.0. The molecule has 0 aromatic carbocycles. The summed E-state index contributed by atoms with van der Waals surface area (Å²) in [6.07, 6.45) is 1.07. The van der Waals surface area contributed by atoms with Crippen LogP contribution in [0, 0.1) is 13.8 Å². The molecule has 1 aromatic heterocycles. The summed E-state index contributed by atoms with van der Waals surface area (Å²) in [6.45, 7) is 3.91. The monoisotopic (exact) mass is 214 g/mol. The first-order valence-electron chi connectivity index (χ1n) is 5.38. The number of aromatic nitrogens is 2. The maximum absolute atomic E-state index is 13.0. The zero-order valence-electron chi connectivity index (χ0n) is 9.13. The van der Waals surface area contributed by atoms with Crippen molar-refractivity contribution >= 4 is 0 Å². The Bertz CT molecular complexity index is 347. The standard InChI is InChI=1S/C11H16F2N2/c1-8-7-9(2)15(14-8)10-3-5-11(12,13)6-4-10/h7,10H,3-6H2,1-2H3. The molecule has 1 aliphatic carbocycles. The van der Waals surface area contributed by atoms with E-state index in [0.717, 1.165) is 11.4 Å². The molecule has 4 heteroatoms. The van der Waals surface area contributed by atoms with Crippen LogP contribution in [-0.2, 0) is 0 Å². The van der Waals surface area contributed by atoms with Crippen LogP contribution in [0.25, 0.3) is 0 Å². The second kappa shape index (κ2) is 3.58. The summed E-state index contributed by atoms with van der Waals surface area (Å²) in [5.41, 5.74) is 2.03. The molecule has 84 valence electrons. The van der Waals surface area contributed by atoms with Crippen molar-refractivity contribution in [2.24, 2.45) is 0 Å². The molecule has 0 spiro atoms. The van der Waals surface area contributed by atoms with Crippen molar-refractivity contribution < 1.29 is 8.78 Å². The van der Waals surface area contributed by atoms with Crippen LogP contribution in [0.5, 0.6) is 0 Å². The molecule has 0 radical (unpaired) electrons. The summed E-state index contributed by atoms with van der Waals surface area (Å²) in [6, 6.07) is 2.16. The highest BCUT2D eigenvalue weighted by atomic mass is 19.3. The number of aryl methyl sites for hydroxylation is 2. The molecule has 0 unspecified atom stereocenters. The molecule has 15 heavy (non-hydrogen) atoms. The van der Waals surface area contributed by atoms with Gasteiger partial charge in [0, 0.05) is 18.5 Å². The van der Waals surface area contributed by atoms with Crippen molar-refractivity contribution in [2.75, 3.05) is 0 Å². The van der Waals surface area contributed by atoms with E-state index in [0.29, 0.717) is 12.8 Å². The number of hydrogen-bond donors (Lipinski definition) is 0. The highest BCUT2D eigenvalue weighted by Gasteiger charge is 2.35. The fourth-order valence-electron chi connectivity index (χ4n) is 2.29. The Morgan fingerprint density at radius 1 is 1.33 bits per heavy atom. The first-order chi connectivity index (χ1) is 6.98. The van der Waals surface area contributed by atoms with Gasteiger partial charge >= 0.3 is 0 Å². The minimum Gasteiger partial charge on any atom is -0.267 e. The lowest BCUT2D eigenvalue weighted by Gasteiger charge is -2.29. The van der Waals surface area contributed by atoms with E-state index in [1.807, 2.05) is 24.6 Å². The van der Waals surface area contributed by atoms with E-state index in [2.05, 4.69) is 5.10 Å². The minimum absolute atomic E-state index is 0.00395. The van der Waals surface area contributed by atoms with Gasteiger partial charge in [-0.15, -0.1) is 0 Å². The van der Waals surface area contributed by atoms with Crippen LogP contribution in [-0.4, -0.2) is 15.7 Å². The van der Waals surface area contributed by atoms with Crippen molar-refractivity contribution in [1.82, 2.24) is 9.78 Å². The first-order valence-corrected chi connectivity index (χ1v) is 5.38. The average Bonchev–Trinajstić information content (AvgIpc) is 2.45. The quantitative estimate of drug-likeness (QED) is 0.701. The molecule has 1 saturated carbocycles. The number of hydrogen-bond acceptors (Lipinski definition) is 1. The van der Waals surface area contributed by atoms with Crippen LogP contribution in [0.3, 0.4) is 0 Å². The van der Waals surface area contributed by atoms with Crippen molar-refractivity contribution in [3.63, 3.8) is 0 Å². The maximum Gasteiger partial charge on any atom is 0.248 e. The van der Waals surface area contributed by atoms with Gasteiger partial charge in [-0.05, 0) is 32.8 Å². The van der Waals surface area contributed by atoms with Gasteiger partial charge < -0.3 is 0 Å². The molecule has 1 heterocycles. The van der Waals surface area contributed by atoms with Crippen molar-refractivity contribution in [3.8, 4) is 0 Å². The second-order valence-electron chi connectivity index (χ2n) is 4.46. The largest absolute Gasteiger partial charge is 0.267 e. The third kappa shape index (κ3) is 2.19. The molecule has 0 aliphatic heterocycles. The van der Waals surface area contributed by atoms with Crippen LogP contribution in [0.4, 0.5) is 8.78 Å². The van der Waals surface area contributed by atoms with Crippen molar-refractivity contribution in [1.29, 1.82) is 0 Å². The lowest BCUT2D eigenvalue weighted by Crippen LogP contribution is -2.27. The smallest absolute Gasteiger partial charge is 0.248 e. The van der Waals surface area contributed by atoms with E-state index in [9.17, 15) is 8.78 Å². The van der Waals surface area contributed by atoms with E-state index in [4.69, 9.17) is 0 Å². The number of rotatable bonds is 1. The van der Waals surface area contributed by atoms with Crippen molar-refractivity contribution in [2.45, 2.75) is 51.5 Å². The molecule has 0 bridgehead atoms. The van der Waals surface area contributed by atoms with Gasteiger partial charge in [0.05, 0.1) is 11.7 Å². The molecular formula is C11H16F2N2. The van der Waals surface area contributed by atoms with Crippen LogP contribution in [0.2, 0.25) is 0 Å². The van der Waals surface area contributed by atoms with Crippen LogP contribution in [0.15, 0.2) is 6.07 Å². The molecule has 2 nitrogen and oxygen atoms in total. The Kier molecular flexibility index (Phi) is 2.52. The summed E-state index contributed by atoms with van der Waals surface area (Å²) in [5, 5.41) is 4.35. The Morgan fingerprint density at radius 3 is 2.40 bits per heavy atom. The van der Waals surface area contributed by atoms with Crippen LogP contribution >= 0.6 is 0 Å². The van der Waals surface area contributed by atoms with Gasteiger partial charge in [0.1, 0.15) is 0 Å². The van der Waals surface area contributed by atoms with Gasteiger partial charge in [0.2, 0.25) is 5.92 Å². The number of alkyl halides is 2. The summed E-state index contributed by atoms with van der Waals surface area (Å²) >= 11 is 0. The predicted molar refractivity (Wildman–Crippen MR) is 54.2 cm³/mol. The summed E-state index contributed by atoms with van der Waals surface area (Å²) in [4.78, 5) is 0. The third-order valence-electron chi connectivity index (χ3n) is 3.08. The average molecular weight is 214 g/mol. The zero-order valence-corrected chi connectivity index (χ0v) is 9.13. The molecule has 2 rings (SSSR count). The number of nitrogens with zero attached hydrogens (tertiary/aromatic N) is 2. The SMILES string of the molecule is Cc1cc(C)n(C2CCC(F)(F)CC2)n1. The van der Waals surface area contributed by atoms with Gasteiger partial charge in [-0.1, -0.05) is 0 Å².